The van der Waals surface area contributed by atoms with Gasteiger partial charge >= 0.3 is 0 Å². The van der Waals surface area contributed by atoms with Gasteiger partial charge in [-0.3, -0.25) is 4.79 Å². The number of nitrogens with one attached hydrogen (secondary N) is 1. The fourth-order valence-electron chi connectivity index (χ4n) is 7.73. The van der Waals surface area contributed by atoms with Crippen molar-refractivity contribution in [1.29, 1.82) is 0 Å². The van der Waals surface area contributed by atoms with Crippen molar-refractivity contribution in [3.63, 3.8) is 0 Å². The summed E-state index contributed by atoms with van der Waals surface area (Å²) in [5.41, 5.74) is 1.94. The number of unbranched alkanes of at least 4 members (excludes halogenated alkanes) is 3. The Hall–Kier alpha value is -4.01. The number of H-pyrrole nitrogens is 1. The molecule has 6 aromatic rings. The first-order valence-corrected chi connectivity index (χ1v) is 14.1. The Labute approximate surface area is 229 Å². The number of ether oxygens (including phenoxy) is 2. The summed E-state index contributed by atoms with van der Waals surface area (Å²) in [6.07, 6.45) is 6.09. The Balaban J connectivity index is 1.41. The van der Waals surface area contributed by atoms with Gasteiger partial charge in [-0.1, -0.05) is 55.7 Å². The van der Waals surface area contributed by atoms with E-state index in [2.05, 4.69) is 38.4 Å². The second-order valence-electron chi connectivity index (χ2n) is 11.5. The number of benzene rings is 3. The summed E-state index contributed by atoms with van der Waals surface area (Å²) in [5.74, 6) is 0.160. The Morgan fingerprint density at radius 3 is 2.50 bits per heavy atom. The summed E-state index contributed by atoms with van der Waals surface area (Å²) in [6, 6.07) is 16.6. The molecule has 1 fully saturated rings. The number of rotatable bonds is 8. The number of carbonyl (C=O) groups excluding carboxylic acids is 1. The van der Waals surface area contributed by atoms with Crippen LogP contribution in [0.4, 0.5) is 0 Å². The molecule has 0 spiro atoms. The zero-order chi connectivity index (χ0) is 27.2. The van der Waals surface area contributed by atoms with E-state index in [0.29, 0.717) is 25.9 Å². The lowest BCUT2D eigenvalue weighted by atomic mass is 9.84. The van der Waals surface area contributed by atoms with E-state index in [1.54, 1.807) is 0 Å². The lowest BCUT2D eigenvalue weighted by Crippen LogP contribution is -2.50. The molecule has 204 valence electrons. The summed E-state index contributed by atoms with van der Waals surface area (Å²) >= 11 is 0. The highest BCUT2D eigenvalue weighted by Crippen LogP contribution is 2.59. The normalized spacial score (nSPS) is 23.8. The van der Waals surface area contributed by atoms with Crippen LogP contribution in [-0.4, -0.2) is 43.0 Å². The van der Waals surface area contributed by atoms with Crippen molar-refractivity contribution >= 4 is 60.9 Å². The molecule has 1 unspecified atom stereocenters. The molecule has 5 heterocycles. The van der Waals surface area contributed by atoms with Gasteiger partial charge in [0.05, 0.1) is 34.1 Å². The molecule has 0 radical (unpaired) electrons. The SMILES string of the molecule is C[C@@]12OC(C[C@@]1(O)CCCCCCOC=O)n1c3ccccc3c3c4c(O)[nH]cc4c4c5ccccc5n2c4c31. The average molecular weight is 538 g/mol. The Morgan fingerprint density at radius 2 is 1.70 bits per heavy atom. The van der Waals surface area contributed by atoms with Crippen LogP contribution in [0.25, 0.3) is 54.4 Å². The van der Waals surface area contributed by atoms with Gasteiger partial charge in [-0.05, 0) is 31.9 Å². The van der Waals surface area contributed by atoms with Crippen LogP contribution in [0.3, 0.4) is 0 Å². The second kappa shape index (κ2) is 8.25. The number of aromatic amines is 1. The highest BCUT2D eigenvalue weighted by molar-refractivity contribution is 6.37. The molecule has 3 aromatic heterocycles. The zero-order valence-corrected chi connectivity index (χ0v) is 22.3. The van der Waals surface area contributed by atoms with Crippen LogP contribution in [0.2, 0.25) is 0 Å². The van der Waals surface area contributed by atoms with Crippen molar-refractivity contribution in [2.45, 2.75) is 63.0 Å². The lowest BCUT2D eigenvalue weighted by molar-refractivity contribution is -0.180. The highest BCUT2D eigenvalue weighted by Gasteiger charge is 2.60. The van der Waals surface area contributed by atoms with E-state index in [9.17, 15) is 15.0 Å². The molecular weight excluding hydrogens is 506 g/mol. The van der Waals surface area contributed by atoms with Gasteiger partial charge in [0, 0.05) is 39.5 Å². The third-order valence-electron chi connectivity index (χ3n) is 9.51. The molecule has 8 heteroatoms. The number of aromatic hydroxyl groups is 1. The molecule has 1 saturated heterocycles. The molecule has 0 aliphatic carbocycles. The van der Waals surface area contributed by atoms with Crippen LogP contribution in [0.15, 0.2) is 54.7 Å². The third-order valence-corrected chi connectivity index (χ3v) is 9.51. The van der Waals surface area contributed by atoms with Gasteiger partial charge in [-0.25, -0.2) is 0 Å². The summed E-state index contributed by atoms with van der Waals surface area (Å²) in [6.45, 7) is 2.96. The first-order valence-electron chi connectivity index (χ1n) is 14.1. The number of hydrogen-bond acceptors (Lipinski definition) is 5. The summed E-state index contributed by atoms with van der Waals surface area (Å²) in [5, 5.41) is 29.6. The maximum Gasteiger partial charge on any atom is 0.293 e. The molecule has 2 aliphatic heterocycles. The second-order valence-corrected chi connectivity index (χ2v) is 11.5. The van der Waals surface area contributed by atoms with E-state index in [0.717, 1.165) is 80.1 Å². The summed E-state index contributed by atoms with van der Waals surface area (Å²) in [7, 11) is 0. The molecule has 3 atom stereocenters. The first-order chi connectivity index (χ1) is 19.5. The van der Waals surface area contributed by atoms with Gasteiger partial charge in [-0.15, -0.1) is 0 Å². The largest absolute Gasteiger partial charge is 0.494 e. The molecule has 2 bridgehead atoms. The fourth-order valence-corrected chi connectivity index (χ4v) is 7.73. The molecule has 3 aromatic carbocycles. The van der Waals surface area contributed by atoms with Gasteiger partial charge < -0.3 is 33.8 Å². The van der Waals surface area contributed by atoms with Crippen LogP contribution in [-0.2, 0) is 20.0 Å². The predicted molar refractivity (Wildman–Crippen MR) is 154 cm³/mol. The molecule has 2 aliphatic rings. The smallest absolute Gasteiger partial charge is 0.293 e. The van der Waals surface area contributed by atoms with Crippen molar-refractivity contribution < 1.29 is 24.5 Å². The van der Waals surface area contributed by atoms with Crippen molar-refractivity contribution in [3.05, 3.63) is 54.7 Å². The number of nitrogens with zero attached hydrogens (tertiary/aromatic N) is 2. The van der Waals surface area contributed by atoms with Crippen molar-refractivity contribution in [1.82, 2.24) is 14.1 Å². The highest BCUT2D eigenvalue weighted by atomic mass is 16.6. The minimum atomic E-state index is -1.11. The van der Waals surface area contributed by atoms with E-state index >= 15 is 0 Å². The van der Waals surface area contributed by atoms with Gasteiger partial charge in [0.1, 0.15) is 11.8 Å². The van der Waals surface area contributed by atoms with Crippen molar-refractivity contribution in [3.8, 4) is 5.88 Å². The number of aliphatic hydroxyl groups is 1. The maximum absolute atomic E-state index is 12.5. The minimum absolute atomic E-state index is 0.160. The topological polar surface area (TPSA) is 102 Å². The zero-order valence-electron chi connectivity index (χ0n) is 22.3. The Morgan fingerprint density at radius 1 is 0.975 bits per heavy atom. The molecule has 40 heavy (non-hydrogen) atoms. The van der Waals surface area contributed by atoms with Crippen LogP contribution in [0, 0.1) is 0 Å². The van der Waals surface area contributed by atoms with Crippen LogP contribution < -0.4 is 0 Å². The third kappa shape index (κ3) is 2.85. The standard InChI is InChI=1S/C32H31N3O5/c1-31-32(38,14-8-2-3-9-15-39-18-36)16-24(40-31)34-22-12-6-4-10-19(22)26-27-21(17-33-30(27)37)25-20-11-5-7-13-23(20)35(31)29(25)28(26)34/h4-7,10-13,17-18,24,33,37-38H,2-3,8-9,14-16H2,1H3/t24?,31-,32+/m1/s1. The van der Waals surface area contributed by atoms with Crippen LogP contribution in [0.1, 0.15) is 51.7 Å². The first kappa shape index (κ1) is 23.8. The maximum atomic E-state index is 12.5. The monoisotopic (exact) mass is 537 g/mol. The van der Waals surface area contributed by atoms with Crippen molar-refractivity contribution in [2.75, 3.05) is 6.61 Å². The number of para-hydroxylation sites is 2. The van der Waals surface area contributed by atoms with Crippen molar-refractivity contribution in [2.24, 2.45) is 0 Å². The van der Waals surface area contributed by atoms with Crippen LogP contribution in [0.5, 0.6) is 5.88 Å². The predicted octanol–water partition coefficient (Wildman–Crippen LogP) is 6.55. The Bertz CT molecular complexity index is 1980. The molecule has 3 N–H and O–H groups in total. The molecule has 0 saturated carbocycles. The van der Waals surface area contributed by atoms with E-state index < -0.39 is 11.3 Å². The lowest BCUT2D eigenvalue weighted by Gasteiger charge is -2.40. The number of hydrogen-bond donors (Lipinski definition) is 3. The summed E-state index contributed by atoms with van der Waals surface area (Å²) < 4.78 is 16.3. The van der Waals surface area contributed by atoms with E-state index in [1.165, 1.54) is 0 Å². The number of aromatic nitrogens is 3. The minimum Gasteiger partial charge on any atom is -0.494 e. The van der Waals surface area contributed by atoms with E-state index in [4.69, 9.17) is 9.47 Å². The van der Waals surface area contributed by atoms with Gasteiger partial charge in [0.15, 0.2) is 11.6 Å². The average Bonchev–Trinajstić information content (AvgIpc) is 3.65. The van der Waals surface area contributed by atoms with E-state index in [-0.39, 0.29) is 12.1 Å². The molecule has 8 nitrogen and oxygen atoms in total. The van der Waals surface area contributed by atoms with Gasteiger partial charge in [0.2, 0.25) is 0 Å². The number of carbonyl (C=O) groups is 1. The molecule has 0 amide bonds. The fraction of sp³-hybridized carbons (Fsp3) is 0.344. The molecule has 8 rings (SSSR count). The van der Waals surface area contributed by atoms with Gasteiger partial charge in [-0.2, -0.15) is 0 Å². The number of fused-ring (bicyclic) bond motifs is 13. The van der Waals surface area contributed by atoms with E-state index in [1.807, 2.05) is 37.4 Å². The Kier molecular flexibility index (Phi) is 4.92. The molecular formula is C32H31N3O5. The van der Waals surface area contributed by atoms with Crippen LogP contribution >= 0.6 is 0 Å². The summed E-state index contributed by atoms with van der Waals surface area (Å²) in [4.78, 5) is 13.5. The quantitative estimate of drug-likeness (QED) is 0.151. The van der Waals surface area contributed by atoms with Gasteiger partial charge in [0.25, 0.3) is 6.47 Å².